The van der Waals surface area contributed by atoms with Gasteiger partial charge in [0.25, 0.3) is 0 Å². The molecule has 0 unspecified atom stereocenters. The van der Waals surface area contributed by atoms with Gasteiger partial charge in [0.2, 0.25) is 5.91 Å². The van der Waals surface area contributed by atoms with Gasteiger partial charge in [-0.2, -0.15) is 0 Å². The number of amides is 1. The number of hydrogen-bond acceptors (Lipinski definition) is 5. The van der Waals surface area contributed by atoms with Crippen LogP contribution >= 0.6 is 0 Å². The van der Waals surface area contributed by atoms with Crippen molar-refractivity contribution in [3.05, 3.63) is 65.7 Å². The molecule has 0 atom stereocenters. The third-order valence-corrected chi connectivity index (χ3v) is 7.38. The molecule has 2 aromatic carbocycles. The van der Waals surface area contributed by atoms with Gasteiger partial charge in [0.05, 0.1) is 5.75 Å². The molecule has 1 heterocycles. The van der Waals surface area contributed by atoms with E-state index in [9.17, 15) is 13.2 Å². The van der Waals surface area contributed by atoms with Crippen LogP contribution in [0.3, 0.4) is 0 Å². The Hall–Kier alpha value is -2.22. The van der Waals surface area contributed by atoms with Gasteiger partial charge >= 0.3 is 0 Å². The number of carbonyl (C=O) groups is 1. The van der Waals surface area contributed by atoms with Gasteiger partial charge in [0, 0.05) is 45.0 Å². The molecule has 1 fully saturated rings. The summed E-state index contributed by atoms with van der Waals surface area (Å²) in [6.07, 6.45) is 2.43. The number of nitrogens with one attached hydrogen (secondary N) is 1. The van der Waals surface area contributed by atoms with E-state index in [1.165, 1.54) is 11.1 Å². The zero-order valence-electron chi connectivity index (χ0n) is 19.0. The molecule has 7 heteroatoms. The molecule has 1 N–H and O–H groups in total. The Bertz CT molecular complexity index is 938. The highest BCUT2D eigenvalue weighted by atomic mass is 32.2. The molecular formula is C25H35N3O3S. The summed E-state index contributed by atoms with van der Waals surface area (Å²) in [4.78, 5) is 17.1. The Morgan fingerprint density at radius 3 is 1.97 bits per heavy atom. The minimum Gasteiger partial charge on any atom is -0.325 e. The number of carbonyl (C=O) groups excluding carboxylic acids is 1. The normalized spacial score (nSPS) is 15.5. The topological polar surface area (TPSA) is 69.7 Å². The van der Waals surface area contributed by atoms with Crippen molar-refractivity contribution in [3.63, 3.8) is 0 Å². The first-order valence-electron chi connectivity index (χ1n) is 11.5. The monoisotopic (exact) mass is 457 g/mol. The molecule has 0 radical (unpaired) electrons. The van der Waals surface area contributed by atoms with E-state index in [0.29, 0.717) is 12.1 Å². The summed E-state index contributed by atoms with van der Waals surface area (Å²) in [5.41, 5.74) is 3.18. The molecule has 0 spiro atoms. The van der Waals surface area contributed by atoms with Crippen molar-refractivity contribution in [2.45, 2.75) is 39.3 Å². The zero-order chi connectivity index (χ0) is 22.8. The van der Waals surface area contributed by atoms with Crippen LogP contribution in [-0.4, -0.2) is 61.8 Å². The maximum atomic E-state index is 12.1. The quantitative estimate of drug-likeness (QED) is 0.523. The number of anilines is 1. The third kappa shape index (κ3) is 8.37. The Labute approximate surface area is 192 Å². The Balaban J connectivity index is 1.40. The van der Waals surface area contributed by atoms with Gasteiger partial charge in [-0.1, -0.05) is 62.2 Å². The van der Waals surface area contributed by atoms with Gasteiger partial charge < -0.3 is 5.32 Å². The van der Waals surface area contributed by atoms with Crippen LogP contribution in [0.2, 0.25) is 0 Å². The predicted octanol–water partition coefficient (Wildman–Crippen LogP) is 3.55. The second-order valence-electron chi connectivity index (χ2n) is 8.58. The first-order chi connectivity index (χ1) is 15.4. The van der Waals surface area contributed by atoms with E-state index in [1.807, 2.05) is 31.2 Å². The summed E-state index contributed by atoms with van der Waals surface area (Å²) in [5, 5.41) is 2.71. The fraction of sp³-hybridized carbons (Fsp3) is 0.480. The van der Waals surface area contributed by atoms with Crippen molar-refractivity contribution in [2.75, 3.05) is 43.0 Å². The molecule has 3 rings (SSSR count). The average molecular weight is 458 g/mol. The van der Waals surface area contributed by atoms with Gasteiger partial charge in [-0.05, 0) is 29.7 Å². The van der Waals surface area contributed by atoms with Crippen molar-refractivity contribution in [2.24, 2.45) is 0 Å². The lowest BCUT2D eigenvalue weighted by atomic mass is 10.1. The van der Waals surface area contributed by atoms with E-state index in [4.69, 9.17) is 0 Å². The lowest BCUT2D eigenvalue weighted by Gasteiger charge is -2.34. The van der Waals surface area contributed by atoms with Gasteiger partial charge in [0.1, 0.15) is 5.75 Å². The van der Waals surface area contributed by atoms with Crippen LogP contribution in [0.5, 0.6) is 0 Å². The Kier molecular flexibility index (Phi) is 9.26. The molecular weight excluding hydrogens is 422 g/mol. The largest absolute Gasteiger partial charge is 0.325 e. The van der Waals surface area contributed by atoms with Gasteiger partial charge in [-0.3, -0.25) is 14.6 Å². The second-order valence-corrected chi connectivity index (χ2v) is 10.8. The molecule has 1 aliphatic rings. The summed E-state index contributed by atoms with van der Waals surface area (Å²) in [6.45, 7) is 8.06. The fourth-order valence-corrected chi connectivity index (χ4v) is 5.20. The van der Waals surface area contributed by atoms with Crippen molar-refractivity contribution < 1.29 is 13.2 Å². The molecule has 174 valence electrons. The number of nitrogens with zero attached hydrogens (tertiary/aromatic N) is 2. The molecule has 1 amide bonds. The van der Waals surface area contributed by atoms with Crippen molar-refractivity contribution >= 4 is 21.4 Å². The van der Waals surface area contributed by atoms with Crippen LogP contribution < -0.4 is 5.32 Å². The zero-order valence-corrected chi connectivity index (χ0v) is 19.8. The van der Waals surface area contributed by atoms with Crippen LogP contribution in [0.15, 0.2) is 54.6 Å². The molecule has 0 aliphatic carbocycles. The van der Waals surface area contributed by atoms with E-state index in [1.54, 1.807) is 0 Å². The predicted molar refractivity (Wildman–Crippen MR) is 130 cm³/mol. The van der Waals surface area contributed by atoms with E-state index >= 15 is 0 Å². The van der Waals surface area contributed by atoms with Gasteiger partial charge in [-0.25, -0.2) is 8.42 Å². The van der Waals surface area contributed by atoms with Crippen molar-refractivity contribution in [1.29, 1.82) is 0 Å². The highest BCUT2D eigenvalue weighted by molar-refractivity contribution is 7.92. The molecule has 0 saturated carbocycles. The fourth-order valence-electron chi connectivity index (χ4n) is 3.94. The standard InChI is InChI=1S/C25H35N3O3S/c1-2-3-7-18-32(30,31)21-25(29)26-24-12-10-23(11-13-24)20-28-16-14-27(15-17-28)19-22-8-5-4-6-9-22/h4-6,8-13H,2-3,7,14-21H2,1H3,(H,26,29). The van der Waals surface area contributed by atoms with Gasteiger partial charge in [0.15, 0.2) is 9.84 Å². The number of hydrogen-bond donors (Lipinski definition) is 1. The summed E-state index contributed by atoms with van der Waals surface area (Å²) >= 11 is 0. The van der Waals surface area contributed by atoms with Crippen LogP contribution in [-0.2, 0) is 27.7 Å². The molecule has 1 aliphatic heterocycles. The Morgan fingerprint density at radius 2 is 1.41 bits per heavy atom. The molecule has 32 heavy (non-hydrogen) atoms. The second kappa shape index (κ2) is 12.1. The summed E-state index contributed by atoms with van der Waals surface area (Å²) in [6, 6.07) is 18.3. The maximum Gasteiger partial charge on any atom is 0.239 e. The average Bonchev–Trinajstić information content (AvgIpc) is 2.77. The van der Waals surface area contributed by atoms with Crippen LogP contribution in [0.4, 0.5) is 5.69 Å². The summed E-state index contributed by atoms with van der Waals surface area (Å²) in [5.74, 6) is -0.846. The first kappa shape index (κ1) is 24.4. The van der Waals surface area contributed by atoms with E-state index < -0.39 is 21.5 Å². The molecule has 0 bridgehead atoms. The Morgan fingerprint density at radius 1 is 0.844 bits per heavy atom. The number of unbranched alkanes of at least 4 members (excludes halogenated alkanes) is 2. The van der Waals surface area contributed by atoms with Crippen LogP contribution in [0.25, 0.3) is 0 Å². The van der Waals surface area contributed by atoms with E-state index in [-0.39, 0.29) is 5.75 Å². The lowest BCUT2D eigenvalue weighted by Crippen LogP contribution is -2.45. The number of piperazine rings is 1. The van der Waals surface area contributed by atoms with Gasteiger partial charge in [-0.15, -0.1) is 0 Å². The highest BCUT2D eigenvalue weighted by Gasteiger charge is 2.18. The van der Waals surface area contributed by atoms with E-state index in [0.717, 1.165) is 52.1 Å². The number of sulfone groups is 1. The molecule has 2 aromatic rings. The smallest absolute Gasteiger partial charge is 0.239 e. The van der Waals surface area contributed by atoms with E-state index in [2.05, 4.69) is 45.4 Å². The van der Waals surface area contributed by atoms with Crippen LogP contribution in [0, 0.1) is 0 Å². The SMILES string of the molecule is CCCCCS(=O)(=O)CC(=O)Nc1ccc(CN2CCN(Cc3ccccc3)CC2)cc1. The van der Waals surface area contributed by atoms with Crippen molar-refractivity contribution in [3.8, 4) is 0 Å². The maximum absolute atomic E-state index is 12.1. The lowest BCUT2D eigenvalue weighted by molar-refractivity contribution is -0.113. The molecule has 0 aromatic heterocycles. The molecule has 6 nitrogen and oxygen atoms in total. The van der Waals surface area contributed by atoms with Crippen molar-refractivity contribution in [1.82, 2.24) is 9.80 Å². The molecule has 1 saturated heterocycles. The number of rotatable bonds is 11. The summed E-state index contributed by atoms with van der Waals surface area (Å²) in [7, 11) is -3.35. The highest BCUT2D eigenvalue weighted by Crippen LogP contribution is 2.14. The summed E-state index contributed by atoms with van der Waals surface area (Å²) < 4.78 is 24.1. The van der Waals surface area contributed by atoms with Crippen LogP contribution in [0.1, 0.15) is 37.3 Å². The minimum absolute atomic E-state index is 0.0752. The number of benzene rings is 2. The minimum atomic E-state index is -3.35. The third-order valence-electron chi connectivity index (χ3n) is 5.77. The first-order valence-corrected chi connectivity index (χ1v) is 13.3.